The summed E-state index contributed by atoms with van der Waals surface area (Å²) in [5.74, 6) is 0.239. The molecule has 2 aromatic rings. The lowest BCUT2D eigenvalue weighted by molar-refractivity contribution is -0.123. The maximum Gasteiger partial charge on any atom is 0.245 e. The number of rotatable bonds is 3. The molecular formula is C24H23ClN6O2S2. The molecule has 1 aliphatic carbocycles. The van der Waals surface area contributed by atoms with Crippen LogP contribution >= 0.6 is 34.7 Å². The predicted octanol–water partition coefficient (Wildman–Crippen LogP) is 4.66. The van der Waals surface area contributed by atoms with E-state index < -0.39 is 11.3 Å². The van der Waals surface area contributed by atoms with E-state index in [0.29, 0.717) is 39.1 Å². The molecule has 0 fully saturated rings. The van der Waals surface area contributed by atoms with Gasteiger partial charge in [-0.1, -0.05) is 61.5 Å². The highest BCUT2D eigenvalue weighted by atomic mass is 35.5. The van der Waals surface area contributed by atoms with Gasteiger partial charge in [0.05, 0.1) is 11.3 Å². The van der Waals surface area contributed by atoms with Crippen molar-refractivity contribution < 1.29 is 9.59 Å². The van der Waals surface area contributed by atoms with Crippen LogP contribution in [0.5, 0.6) is 0 Å². The van der Waals surface area contributed by atoms with Gasteiger partial charge in [0.15, 0.2) is 10.1 Å². The molecular weight excluding hydrogens is 504 g/mol. The second kappa shape index (κ2) is 8.08. The van der Waals surface area contributed by atoms with E-state index in [2.05, 4.69) is 21.6 Å². The average Bonchev–Trinajstić information content (AvgIpc) is 3.34. The Bertz CT molecular complexity index is 1420. The lowest BCUT2D eigenvalue weighted by Gasteiger charge is -2.45. The van der Waals surface area contributed by atoms with E-state index in [-0.39, 0.29) is 34.6 Å². The fraction of sp³-hybridized carbons (Fsp3) is 0.375. The molecule has 1 unspecified atom stereocenters. The number of hydrogen-bond donors (Lipinski definition) is 2. The lowest BCUT2D eigenvalue weighted by atomic mass is 9.61. The van der Waals surface area contributed by atoms with Crippen LogP contribution in [0.25, 0.3) is 0 Å². The SMILES string of the molecule is CCSc1nnc(N2C(N)=C(C#N)C3(C(=O)Nc4c3ccc(Cl)c4C)C3=C2CC(C)(C)CC3=O)s1. The van der Waals surface area contributed by atoms with Crippen LogP contribution in [0.15, 0.2) is 39.1 Å². The van der Waals surface area contributed by atoms with Crippen molar-refractivity contribution in [2.75, 3.05) is 16.0 Å². The van der Waals surface area contributed by atoms with Gasteiger partial charge in [-0.15, -0.1) is 10.2 Å². The number of nitrogens with zero attached hydrogens (tertiary/aromatic N) is 4. The van der Waals surface area contributed by atoms with Gasteiger partial charge in [0.1, 0.15) is 17.3 Å². The van der Waals surface area contributed by atoms with E-state index in [1.54, 1.807) is 35.7 Å². The Morgan fingerprint density at radius 3 is 2.74 bits per heavy atom. The van der Waals surface area contributed by atoms with Gasteiger partial charge in [-0.25, -0.2) is 0 Å². The molecule has 0 saturated heterocycles. The second-order valence-electron chi connectivity index (χ2n) is 9.55. The first-order valence-electron chi connectivity index (χ1n) is 11.1. The number of carbonyl (C=O) groups is 2. The summed E-state index contributed by atoms with van der Waals surface area (Å²) in [4.78, 5) is 29.4. The summed E-state index contributed by atoms with van der Waals surface area (Å²) in [6.07, 6.45) is 0.711. The molecule has 2 aliphatic heterocycles. The smallest absolute Gasteiger partial charge is 0.245 e. The molecule has 1 aromatic carbocycles. The largest absolute Gasteiger partial charge is 0.384 e. The Balaban J connectivity index is 1.86. The van der Waals surface area contributed by atoms with Gasteiger partial charge in [-0.2, -0.15) is 5.26 Å². The molecule has 3 N–H and O–H groups in total. The minimum Gasteiger partial charge on any atom is -0.384 e. The quantitative estimate of drug-likeness (QED) is 0.553. The van der Waals surface area contributed by atoms with Crippen molar-refractivity contribution in [1.82, 2.24) is 10.2 Å². The number of aromatic nitrogens is 2. The molecule has 3 heterocycles. The molecule has 0 saturated carbocycles. The highest BCUT2D eigenvalue weighted by Gasteiger charge is 2.61. The number of amides is 1. The number of nitriles is 1. The number of benzene rings is 1. The Kier molecular flexibility index (Phi) is 5.51. The minimum atomic E-state index is -1.64. The van der Waals surface area contributed by atoms with E-state index >= 15 is 0 Å². The number of nitrogens with two attached hydrogens (primary N) is 1. The Hall–Kier alpha value is -2.87. The van der Waals surface area contributed by atoms with Crippen molar-refractivity contribution in [3.8, 4) is 6.07 Å². The standard InChI is InChI=1S/C24H23ClN6O2S2/c1-5-34-22-30-29-21(35-22)31-15-8-23(3,4)9-16(32)17(15)24(13(10-26)19(31)27)12-6-7-14(25)11(2)18(12)28-20(24)33/h6-7H,5,8-9,27H2,1-4H3,(H,28,33). The van der Waals surface area contributed by atoms with Crippen LogP contribution in [0.2, 0.25) is 5.02 Å². The fourth-order valence-corrected chi connectivity index (χ4v) is 7.23. The number of carbonyl (C=O) groups excluding carboxylic acids is 2. The summed E-state index contributed by atoms with van der Waals surface area (Å²) in [5.41, 5.74) is 7.24. The molecule has 3 aliphatic rings. The number of anilines is 2. The Morgan fingerprint density at radius 1 is 1.31 bits per heavy atom. The van der Waals surface area contributed by atoms with Gasteiger partial charge in [0, 0.05) is 28.3 Å². The van der Waals surface area contributed by atoms with Crippen LogP contribution < -0.4 is 16.0 Å². The zero-order valence-corrected chi connectivity index (χ0v) is 22.0. The van der Waals surface area contributed by atoms with Crippen LogP contribution in [-0.2, 0) is 15.0 Å². The highest BCUT2D eigenvalue weighted by Crippen LogP contribution is 2.58. The van der Waals surface area contributed by atoms with E-state index in [1.165, 1.54) is 11.3 Å². The van der Waals surface area contributed by atoms with Crippen molar-refractivity contribution in [3.05, 3.63) is 50.9 Å². The van der Waals surface area contributed by atoms with Crippen LogP contribution in [0.1, 0.15) is 44.7 Å². The second-order valence-corrected chi connectivity index (χ2v) is 12.4. The summed E-state index contributed by atoms with van der Waals surface area (Å²) < 4.78 is 0.756. The van der Waals surface area contributed by atoms with Crippen LogP contribution in [0.4, 0.5) is 10.8 Å². The summed E-state index contributed by atoms with van der Waals surface area (Å²) >= 11 is 9.23. The van der Waals surface area contributed by atoms with E-state index in [9.17, 15) is 14.9 Å². The molecule has 35 heavy (non-hydrogen) atoms. The fourth-order valence-electron chi connectivity index (χ4n) is 5.30. The summed E-state index contributed by atoms with van der Waals surface area (Å²) in [6, 6.07) is 5.58. The third kappa shape index (κ3) is 3.25. The number of thioether (sulfide) groups is 1. The summed E-state index contributed by atoms with van der Waals surface area (Å²) in [5, 5.41) is 22.8. The Labute approximate surface area is 216 Å². The van der Waals surface area contributed by atoms with Gasteiger partial charge in [-0.05, 0) is 36.1 Å². The van der Waals surface area contributed by atoms with Gasteiger partial charge < -0.3 is 11.1 Å². The molecule has 11 heteroatoms. The maximum absolute atomic E-state index is 13.9. The molecule has 0 radical (unpaired) electrons. The first-order chi connectivity index (χ1) is 16.6. The van der Waals surface area contributed by atoms with Crippen molar-refractivity contribution in [2.45, 2.75) is 50.3 Å². The molecule has 1 aromatic heterocycles. The molecule has 8 nitrogen and oxygen atoms in total. The number of ketones is 1. The van der Waals surface area contributed by atoms with E-state index in [1.807, 2.05) is 20.8 Å². The molecule has 0 bridgehead atoms. The summed E-state index contributed by atoms with van der Waals surface area (Å²) in [6.45, 7) is 7.82. The predicted molar refractivity (Wildman–Crippen MR) is 137 cm³/mol. The third-order valence-corrected chi connectivity index (χ3v) is 9.05. The van der Waals surface area contributed by atoms with Crippen LogP contribution in [0.3, 0.4) is 0 Å². The van der Waals surface area contributed by atoms with E-state index in [0.717, 1.165) is 10.1 Å². The summed E-state index contributed by atoms with van der Waals surface area (Å²) in [7, 11) is 0. The molecule has 5 rings (SSSR count). The third-order valence-electron chi connectivity index (χ3n) is 6.72. The van der Waals surface area contributed by atoms with Crippen molar-refractivity contribution in [1.29, 1.82) is 5.26 Å². The number of fused-ring (bicyclic) bond motifs is 3. The van der Waals surface area contributed by atoms with Crippen LogP contribution in [0, 0.1) is 23.7 Å². The number of nitrogens with one attached hydrogen (secondary N) is 1. The molecule has 1 spiro atoms. The van der Waals surface area contributed by atoms with Crippen LogP contribution in [-0.4, -0.2) is 27.6 Å². The van der Waals surface area contributed by atoms with Crippen molar-refractivity contribution >= 4 is 57.2 Å². The average molecular weight is 527 g/mol. The zero-order chi connectivity index (χ0) is 25.3. The van der Waals surface area contributed by atoms with Gasteiger partial charge in [-0.3, -0.25) is 14.5 Å². The van der Waals surface area contributed by atoms with E-state index in [4.69, 9.17) is 17.3 Å². The monoisotopic (exact) mass is 526 g/mol. The van der Waals surface area contributed by atoms with Crippen molar-refractivity contribution in [3.63, 3.8) is 0 Å². The zero-order valence-electron chi connectivity index (χ0n) is 19.7. The maximum atomic E-state index is 13.9. The van der Waals surface area contributed by atoms with Crippen molar-refractivity contribution in [2.24, 2.45) is 11.1 Å². The molecule has 180 valence electrons. The molecule has 1 amide bonds. The minimum absolute atomic E-state index is 0.00201. The van der Waals surface area contributed by atoms with Gasteiger partial charge in [0.2, 0.25) is 11.0 Å². The highest BCUT2D eigenvalue weighted by molar-refractivity contribution is 8.01. The normalized spacial score (nSPS) is 22.9. The number of halogens is 1. The Morgan fingerprint density at radius 2 is 2.06 bits per heavy atom. The first-order valence-corrected chi connectivity index (χ1v) is 13.3. The van der Waals surface area contributed by atoms with Gasteiger partial charge in [0.25, 0.3) is 0 Å². The topological polar surface area (TPSA) is 125 Å². The number of Topliss-reactive ketones (excluding diaryl/α,β-unsaturated/α-hetero) is 1. The lowest BCUT2D eigenvalue weighted by Crippen LogP contribution is -2.52. The first kappa shape index (κ1) is 23.9. The number of hydrogen-bond acceptors (Lipinski definition) is 9. The van der Waals surface area contributed by atoms with Gasteiger partial charge >= 0.3 is 0 Å². The molecule has 1 atom stereocenters. The number of allylic oxidation sites excluding steroid dienone is 1.